The summed E-state index contributed by atoms with van der Waals surface area (Å²) in [7, 11) is 8.93. The van der Waals surface area contributed by atoms with Crippen LogP contribution in [0.25, 0.3) is 15.9 Å². The summed E-state index contributed by atoms with van der Waals surface area (Å²) in [5.41, 5.74) is 0. The molecule has 0 aromatic heterocycles. The SMILES string of the molecule is C[N-]B(C)CC1CCC[C@@H]1C.C[N-]C.C[N-]C.[CH3-].[Ti+4]. The monoisotopic (exact) mass is 303 g/mol. The normalized spacial score (nSPS) is 19.7. The second kappa shape index (κ2) is 21.0. The minimum absolute atomic E-state index is 0. The van der Waals surface area contributed by atoms with Gasteiger partial charge in [-0.2, -0.15) is 35.2 Å². The fraction of sp³-hybridized carbons (Fsp3) is 0.929. The third-order valence-corrected chi connectivity index (χ3v) is 3.12. The first kappa shape index (κ1) is 27.9. The van der Waals surface area contributed by atoms with Gasteiger partial charge in [-0.1, -0.05) is 32.5 Å². The molecule has 0 aromatic rings. The smallest absolute Gasteiger partial charge is 0.689 e. The maximum atomic E-state index is 4.29. The maximum absolute atomic E-state index is 4.29. The molecule has 1 aliphatic rings. The van der Waals surface area contributed by atoms with Crippen molar-refractivity contribution in [2.45, 2.75) is 39.3 Å². The molecule has 19 heavy (non-hydrogen) atoms. The van der Waals surface area contributed by atoms with E-state index in [2.05, 4.69) is 29.6 Å². The molecule has 0 N–H and O–H groups in total. The van der Waals surface area contributed by atoms with E-state index in [4.69, 9.17) is 0 Å². The van der Waals surface area contributed by atoms with E-state index in [0.29, 0.717) is 6.85 Å². The van der Waals surface area contributed by atoms with Crippen LogP contribution < -0.4 is 0 Å². The average Bonchev–Trinajstić information content (AvgIpc) is 2.66. The Morgan fingerprint density at radius 1 is 1.00 bits per heavy atom. The summed E-state index contributed by atoms with van der Waals surface area (Å²) in [5, 5.41) is 11.3. The van der Waals surface area contributed by atoms with Gasteiger partial charge in [0.2, 0.25) is 0 Å². The zero-order valence-corrected chi connectivity index (χ0v) is 16.0. The van der Waals surface area contributed by atoms with Crippen LogP contribution in [-0.4, -0.2) is 42.1 Å². The maximum Gasteiger partial charge on any atom is 4.00 e. The average molecular weight is 303 g/mol. The minimum atomic E-state index is 0. The Hall–Kier alpha value is 0.659. The van der Waals surface area contributed by atoms with Crippen LogP contribution in [0.2, 0.25) is 13.1 Å². The molecule has 0 aliphatic heterocycles. The Labute approximate surface area is 138 Å². The largest absolute Gasteiger partial charge is 4.00 e. The van der Waals surface area contributed by atoms with Crippen molar-refractivity contribution in [3.63, 3.8) is 0 Å². The second-order valence-corrected chi connectivity index (χ2v) is 4.91. The van der Waals surface area contributed by atoms with Crippen molar-refractivity contribution in [2.24, 2.45) is 11.8 Å². The zero-order chi connectivity index (χ0) is 13.7. The number of rotatable bonds is 3. The molecular formula is C14H34BN3Ti. The molecule has 5 heteroatoms. The zero-order valence-electron chi connectivity index (χ0n) is 14.4. The van der Waals surface area contributed by atoms with Crippen LogP contribution in [0.3, 0.4) is 0 Å². The summed E-state index contributed by atoms with van der Waals surface area (Å²) in [6, 6.07) is 0. The Kier molecular flexibility index (Phi) is 30.8. The number of hydrogen-bond donors (Lipinski definition) is 0. The third kappa shape index (κ3) is 18.7. The van der Waals surface area contributed by atoms with Crippen LogP contribution >= 0.6 is 0 Å². The van der Waals surface area contributed by atoms with Gasteiger partial charge in [-0.05, 0) is 11.8 Å². The van der Waals surface area contributed by atoms with Gasteiger partial charge < -0.3 is 23.3 Å². The predicted molar refractivity (Wildman–Crippen MR) is 89.0 cm³/mol. The number of nitrogens with zero attached hydrogens (tertiary/aromatic N) is 3. The van der Waals surface area contributed by atoms with Crippen molar-refractivity contribution in [2.75, 3.05) is 35.2 Å². The molecule has 0 saturated heterocycles. The van der Waals surface area contributed by atoms with E-state index in [-0.39, 0.29) is 29.1 Å². The molecule has 112 valence electrons. The van der Waals surface area contributed by atoms with Crippen LogP contribution in [0.1, 0.15) is 26.2 Å². The molecule has 0 heterocycles. The van der Waals surface area contributed by atoms with E-state index in [1.807, 2.05) is 7.05 Å². The Balaban J connectivity index is -0.000000122. The van der Waals surface area contributed by atoms with Gasteiger partial charge in [-0.15, -0.1) is 6.82 Å². The van der Waals surface area contributed by atoms with Gasteiger partial charge in [-0.25, -0.2) is 0 Å². The summed E-state index contributed by atoms with van der Waals surface area (Å²) in [5.74, 6) is 1.92. The number of hydrogen-bond acceptors (Lipinski definition) is 0. The fourth-order valence-corrected chi connectivity index (χ4v) is 2.12. The first-order chi connectivity index (χ1) is 8.06. The summed E-state index contributed by atoms with van der Waals surface area (Å²) in [4.78, 5) is 0. The summed E-state index contributed by atoms with van der Waals surface area (Å²) < 4.78 is 0. The molecule has 1 rings (SSSR count). The predicted octanol–water partition coefficient (Wildman–Crippen LogP) is 4.73. The van der Waals surface area contributed by atoms with E-state index < -0.39 is 0 Å². The van der Waals surface area contributed by atoms with Crippen LogP contribution in [0, 0.1) is 19.3 Å². The van der Waals surface area contributed by atoms with Gasteiger partial charge in [0.15, 0.2) is 0 Å². The van der Waals surface area contributed by atoms with Gasteiger partial charge in [-0.3, -0.25) is 0 Å². The van der Waals surface area contributed by atoms with Crippen molar-refractivity contribution in [3.8, 4) is 0 Å². The van der Waals surface area contributed by atoms with Gasteiger partial charge in [0.1, 0.15) is 0 Å². The molecule has 0 bridgehead atoms. The molecule has 2 atom stereocenters. The summed E-state index contributed by atoms with van der Waals surface area (Å²) >= 11 is 0. The van der Waals surface area contributed by atoms with Crippen molar-refractivity contribution in [1.82, 2.24) is 0 Å². The van der Waals surface area contributed by atoms with E-state index in [1.165, 1.54) is 25.6 Å². The molecular weight excluding hydrogens is 269 g/mol. The van der Waals surface area contributed by atoms with Crippen molar-refractivity contribution >= 4 is 6.85 Å². The van der Waals surface area contributed by atoms with Gasteiger partial charge in [0.05, 0.1) is 0 Å². The Morgan fingerprint density at radius 3 is 1.68 bits per heavy atom. The molecule has 1 saturated carbocycles. The molecule has 0 spiro atoms. The standard InChI is InChI=1S/C9H19BN.2C2H6N.CH3.Ti/c1-8-5-4-6-9(8)7-10(2)11-3;2*1-3-2;;/h8-9H,4-7H2,1-3H3;2*1-2H3;1H3;/q4*-1;+4/t8-,9?;;;;/m0..../s1. The van der Waals surface area contributed by atoms with Gasteiger partial charge in [0, 0.05) is 6.85 Å². The first-order valence-corrected chi connectivity index (χ1v) is 6.62. The van der Waals surface area contributed by atoms with Crippen LogP contribution in [0.5, 0.6) is 0 Å². The fourth-order valence-electron chi connectivity index (χ4n) is 2.12. The molecule has 1 unspecified atom stereocenters. The van der Waals surface area contributed by atoms with E-state index in [1.54, 1.807) is 28.2 Å². The Morgan fingerprint density at radius 2 is 1.42 bits per heavy atom. The van der Waals surface area contributed by atoms with Crippen molar-refractivity contribution in [3.05, 3.63) is 23.3 Å². The van der Waals surface area contributed by atoms with Gasteiger partial charge >= 0.3 is 21.7 Å². The Bertz CT molecular complexity index is 149. The quantitative estimate of drug-likeness (QED) is 0.534. The molecule has 1 aliphatic carbocycles. The molecule has 0 amide bonds. The van der Waals surface area contributed by atoms with Crippen LogP contribution in [-0.2, 0) is 21.7 Å². The van der Waals surface area contributed by atoms with Crippen molar-refractivity contribution in [1.29, 1.82) is 0 Å². The molecule has 1 fully saturated rings. The topological polar surface area (TPSA) is 42.3 Å². The van der Waals surface area contributed by atoms with E-state index in [0.717, 1.165) is 11.8 Å². The van der Waals surface area contributed by atoms with Crippen molar-refractivity contribution < 1.29 is 21.7 Å². The van der Waals surface area contributed by atoms with E-state index >= 15 is 0 Å². The molecule has 0 aromatic carbocycles. The first-order valence-electron chi connectivity index (χ1n) is 6.62. The summed E-state index contributed by atoms with van der Waals surface area (Å²) in [6.07, 6.45) is 5.65. The van der Waals surface area contributed by atoms with Crippen LogP contribution in [0.4, 0.5) is 0 Å². The third-order valence-electron chi connectivity index (χ3n) is 3.12. The minimum Gasteiger partial charge on any atom is -0.689 e. The van der Waals surface area contributed by atoms with Gasteiger partial charge in [0.25, 0.3) is 0 Å². The molecule has 0 radical (unpaired) electrons. The second-order valence-electron chi connectivity index (χ2n) is 4.91. The van der Waals surface area contributed by atoms with Crippen LogP contribution in [0.15, 0.2) is 0 Å². The molecule has 3 nitrogen and oxygen atoms in total. The van der Waals surface area contributed by atoms with E-state index in [9.17, 15) is 0 Å². The summed E-state index contributed by atoms with van der Waals surface area (Å²) in [6.45, 7) is 5.20.